The summed E-state index contributed by atoms with van der Waals surface area (Å²) in [6, 6.07) is 4.00. The Morgan fingerprint density at radius 3 is 2.48 bits per heavy atom. The minimum atomic E-state index is -2.13. The number of nitrogens with two attached hydrogens (primary N) is 1. The zero-order valence-corrected chi connectivity index (χ0v) is 13.0. The van der Waals surface area contributed by atoms with Crippen LogP contribution in [0.25, 0.3) is 0 Å². The summed E-state index contributed by atoms with van der Waals surface area (Å²) >= 11 is 5.92. The molecule has 0 radical (unpaired) electrons. The standard InChI is InChI=1S/C14H13ClN2O6/c1-22-13(21)14(6-10(16)18)9-5-7(15)3-4-8(9)11(19)17(23-2)12(14)20/h3-5H,6H2,1-2H3,(H2,16,18). The number of nitrogens with zero attached hydrogens (tertiary/aromatic N) is 1. The largest absolute Gasteiger partial charge is 0.468 e. The molecule has 2 rings (SSSR count). The number of ether oxygens (including phenoxy) is 1. The molecule has 0 saturated heterocycles. The Labute approximate surface area is 136 Å². The molecule has 0 spiro atoms. The van der Waals surface area contributed by atoms with Gasteiger partial charge < -0.3 is 10.5 Å². The van der Waals surface area contributed by atoms with Crippen LogP contribution in [0.3, 0.4) is 0 Å². The number of halogens is 1. The first kappa shape index (κ1) is 16.9. The maximum absolute atomic E-state index is 12.7. The van der Waals surface area contributed by atoms with E-state index in [4.69, 9.17) is 22.2 Å². The van der Waals surface area contributed by atoms with E-state index in [2.05, 4.69) is 4.74 Å². The lowest BCUT2D eigenvalue weighted by Crippen LogP contribution is -2.59. The third kappa shape index (κ3) is 2.45. The highest BCUT2D eigenvalue weighted by molar-refractivity contribution is 6.31. The van der Waals surface area contributed by atoms with Crippen molar-refractivity contribution >= 4 is 35.3 Å². The summed E-state index contributed by atoms with van der Waals surface area (Å²) in [6.07, 6.45) is -0.695. The molecule has 1 aromatic rings. The molecule has 0 saturated carbocycles. The molecule has 1 heterocycles. The van der Waals surface area contributed by atoms with E-state index in [1.807, 2.05) is 0 Å². The summed E-state index contributed by atoms with van der Waals surface area (Å²) in [6.45, 7) is 0. The van der Waals surface area contributed by atoms with Crippen molar-refractivity contribution in [2.24, 2.45) is 5.73 Å². The predicted octanol–water partition coefficient (Wildman–Crippen LogP) is 0.170. The third-order valence-corrected chi connectivity index (χ3v) is 3.80. The average Bonchev–Trinajstić information content (AvgIpc) is 2.50. The van der Waals surface area contributed by atoms with Crippen LogP contribution < -0.4 is 5.73 Å². The number of amides is 3. The van der Waals surface area contributed by atoms with Gasteiger partial charge in [0, 0.05) is 10.6 Å². The molecular formula is C14H13ClN2O6. The fourth-order valence-electron chi connectivity index (χ4n) is 2.59. The van der Waals surface area contributed by atoms with Gasteiger partial charge in [0.15, 0.2) is 5.41 Å². The SMILES string of the molecule is COC(=O)C1(CC(N)=O)C(=O)N(OC)C(=O)c2ccc(Cl)cc21. The molecule has 1 atom stereocenters. The quantitative estimate of drug-likeness (QED) is 0.474. The molecule has 122 valence electrons. The fraction of sp³-hybridized carbons (Fsp3) is 0.286. The molecule has 2 N–H and O–H groups in total. The number of primary amides is 1. The second kappa shape index (κ2) is 5.98. The van der Waals surface area contributed by atoms with E-state index in [0.29, 0.717) is 5.06 Å². The lowest BCUT2D eigenvalue weighted by atomic mass is 9.72. The number of benzene rings is 1. The van der Waals surface area contributed by atoms with Gasteiger partial charge in [-0.05, 0) is 23.8 Å². The van der Waals surface area contributed by atoms with E-state index in [1.165, 1.54) is 18.2 Å². The summed E-state index contributed by atoms with van der Waals surface area (Å²) in [5.41, 5.74) is 3.02. The van der Waals surface area contributed by atoms with Crippen LogP contribution in [0.5, 0.6) is 0 Å². The zero-order valence-electron chi connectivity index (χ0n) is 12.3. The number of hydrogen-bond donors (Lipinski definition) is 1. The number of methoxy groups -OCH3 is 1. The van der Waals surface area contributed by atoms with Crippen LogP contribution in [0.15, 0.2) is 18.2 Å². The van der Waals surface area contributed by atoms with E-state index >= 15 is 0 Å². The molecule has 1 aromatic carbocycles. The second-order valence-electron chi connectivity index (χ2n) is 4.82. The highest BCUT2D eigenvalue weighted by Crippen LogP contribution is 2.40. The predicted molar refractivity (Wildman–Crippen MR) is 77.1 cm³/mol. The number of esters is 1. The molecule has 1 unspecified atom stereocenters. The van der Waals surface area contributed by atoms with Crippen LogP contribution in [-0.2, 0) is 29.4 Å². The Bertz CT molecular complexity index is 719. The Hall–Kier alpha value is -2.45. The van der Waals surface area contributed by atoms with Gasteiger partial charge in [-0.1, -0.05) is 11.6 Å². The van der Waals surface area contributed by atoms with Gasteiger partial charge >= 0.3 is 5.97 Å². The molecule has 8 nitrogen and oxygen atoms in total. The molecule has 1 aliphatic rings. The highest BCUT2D eigenvalue weighted by atomic mass is 35.5. The van der Waals surface area contributed by atoms with E-state index in [-0.39, 0.29) is 16.1 Å². The molecule has 0 aliphatic carbocycles. The molecule has 0 aromatic heterocycles. The van der Waals surface area contributed by atoms with E-state index in [0.717, 1.165) is 14.2 Å². The minimum absolute atomic E-state index is 0.0116. The normalized spacial score (nSPS) is 20.2. The van der Waals surface area contributed by atoms with Gasteiger partial charge in [-0.15, -0.1) is 5.06 Å². The van der Waals surface area contributed by atoms with Crippen molar-refractivity contribution in [1.82, 2.24) is 5.06 Å². The smallest absolute Gasteiger partial charge is 0.326 e. The molecule has 23 heavy (non-hydrogen) atoms. The third-order valence-electron chi connectivity index (χ3n) is 3.56. The van der Waals surface area contributed by atoms with Gasteiger partial charge in [0.1, 0.15) is 0 Å². The van der Waals surface area contributed by atoms with Crippen molar-refractivity contribution in [3.05, 3.63) is 34.3 Å². The number of hydroxylamine groups is 2. The zero-order chi connectivity index (χ0) is 17.4. The van der Waals surface area contributed by atoms with Crippen LogP contribution in [0.2, 0.25) is 5.02 Å². The summed E-state index contributed by atoms with van der Waals surface area (Å²) in [5.74, 6) is -3.82. The average molecular weight is 341 g/mol. The van der Waals surface area contributed by atoms with Gasteiger partial charge in [-0.2, -0.15) is 0 Å². The first-order valence-corrected chi connectivity index (χ1v) is 6.77. The van der Waals surface area contributed by atoms with Crippen molar-refractivity contribution in [3.8, 4) is 0 Å². The Balaban J connectivity index is 2.86. The van der Waals surface area contributed by atoms with Gasteiger partial charge in [0.25, 0.3) is 11.8 Å². The first-order valence-electron chi connectivity index (χ1n) is 6.39. The maximum Gasteiger partial charge on any atom is 0.326 e. The van der Waals surface area contributed by atoms with Crippen LogP contribution >= 0.6 is 11.6 Å². The van der Waals surface area contributed by atoms with Crippen molar-refractivity contribution in [1.29, 1.82) is 0 Å². The van der Waals surface area contributed by atoms with Crippen molar-refractivity contribution in [2.45, 2.75) is 11.8 Å². The Morgan fingerprint density at radius 1 is 1.30 bits per heavy atom. The van der Waals surface area contributed by atoms with Crippen molar-refractivity contribution in [3.63, 3.8) is 0 Å². The number of carbonyl (C=O) groups excluding carboxylic acids is 4. The first-order chi connectivity index (χ1) is 10.8. The highest BCUT2D eigenvalue weighted by Gasteiger charge is 2.58. The van der Waals surface area contributed by atoms with Gasteiger partial charge in [0.05, 0.1) is 20.6 Å². The fourth-order valence-corrected chi connectivity index (χ4v) is 2.76. The number of imide groups is 1. The molecule has 0 fully saturated rings. The summed E-state index contributed by atoms with van der Waals surface area (Å²) < 4.78 is 4.69. The van der Waals surface area contributed by atoms with Crippen LogP contribution in [0.4, 0.5) is 0 Å². The topological polar surface area (TPSA) is 116 Å². The summed E-state index contributed by atoms with van der Waals surface area (Å²) in [7, 11) is 2.14. The molecule has 3 amide bonds. The number of carbonyl (C=O) groups is 4. The molecular weight excluding hydrogens is 328 g/mol. The number of fused-ring (bicyclic) bond motifs is 1. The molecule has 0 bridgehead atoms. The number of hydrogen-bond acceptors (Lipinski definition) is 6. The van der Waals surface area contributed by atoms with Gasteiger partial charge in [-0.3, -0.25) is 24.0 Å². The van der Waals surface area contributed by atoms with Gasteiger partial charge in [-0.25, -0.2) is 0 Å². The van der Waals surface area contributed by atoms with Crippen LogP contribution in [-0.4, -0.2) is 43.0 Å². The number of rotatable bonds is 4. The van der Waals surface area contributed by atoms with Crippen molar-refractivity contribution < 1.29 is 28.8 Å². The maximum atomic E-state index is 12.7. The Kier molecular flexibility index (Phi) is 4.39. The Morgan fingerprint density at radius 2 is 1.96 bits per heavy atom. The van der Waals surface area contributed by atoms with Gasteiger partial charge in [0.2, 0.25) is 5.91 Å². The van der Waals surface area contributed by atoms with E-state index in [9.17, 15) is 19.2 Å². The summed E-state index contributed by atoms with van der Waals surface area (Å²) in [4.78, 5) is 53.7. The van der Waals surface area contributed by atoms with Crippen LogP contribution in [0.1, 0.15) is 22.3 Å². The molecule has 1 aliphatic heterocycles. The van der Waals surface area contributed by atoms with Crippen molar-refractivity contribution in [2.75, 3.05) is 14.2 Å². The summed E-state index contributed by atoms with van der Waals surface area (Å²) in [5, 5.41) is 0.573. The second-order valence-corrected chi connectivity index (χ2v) is 5.25. The monoisotopic (exact) mass is 340 g/mol. The minimum Gasteiger partial charge on any atom is -0.468 e. The lowest BCUT2D eigenvalue weighted by Gasteiger charge is -2.37. The van der Waals surface area contributed by atoms with E-state index < -0.39 is 35.5 Å². The van der Waals surface area contributed by atoms with E-state index in [1.54, 1.807) is 0 Å². The lowest BCUT2D eigenvalue weighted by molar-refractivity contribution is -0.178. The molecule has 9 heteroatoms. The van der Waals surface area contributed by atoms with Crippen LogP contribution in [0, 0.1) is 0 Å².